The van der Waals surface area contributed by atoms with Gasteiger partial charge in [-0.25, -0.2) is 9.97 Å². The predicted octanol–water partition coefficient (Wildman–Crippen LogP) is 1.38. The van der Waals surface area contributed by atoms with Crippen molar-refractivity contribution < 1.29 is 9.90 Å². The van der Waals surface area contributed by atoms with Crippen LogP contribution in [0, 0.1) is 0 Å². The van der Waals surface area contributed by atoms with E-state index in [0.717, 1.165) is 16.0 Å². The lowest BCUT2D eigenvalue weighted by Gasteiger charge is -2.16. The molecule has 108 valence electrons. The van der Waals surface area contributed by atoms with Crippen LogP contribution in [-0.4, -0.2) is 39.7 Å². The molecule has 6 nitrogen and oxygen atoms in total. The van der Waals surface area contributed by atoms with Crippen LogP contribution < -0.4 is 10.6 Å². The summed E-state index contributed by atoms with van der Waals surface area (Å²) in [5.74, 6) is 0.607. The van der Waals surface area contributed by atoms with Crippen molar-refractivity contribution in [1.82, 2.24) is 15.3 Å². The Labute approximate surface area is 121 Å². The van der Waals surface area contributed by atoms with E-state index in [0.29, 0.717) is 13.1 Å². The fraction of sp³-hybridized carbons (Fsp3) is 0.462. The number of rotatable bonds is 6. The molecule has 0 unspecified atom stereocenters. The van der Waals surface area contributed by atoms with Crippen molar-refractivity contribution in [2.45, 2.75) is 25.9 Å². The molecule has 2 heterocycles. The molecule has 2 aromatic heterocycles. The maximum Gasteiger partial charge on any atom is 0.222 e. The van der Waals surface area contributed by atoms with Crippen LogP contribution in [0.1, 0.15) is 20.3 Å². The lowest BCUT2D eigenvalue weighted by Crippen LogP contribution is -2.34. The Bertz CT molecular complexity index is 591. The van der Waals surface area contributed by atoms with Crippen LogP contribution in [0.5, 0.6) is 0 Å². The number of fused-ring (bicyclic) bond motifs is 1. The molecule has 0 spiro atoms. The minimum atomic E-state index is -0.979. The van der Waals surface area contributed by atoms with Gasteiger partial charge in [-0.3, -0.25) is 4.79 Å². The number of carbonyl (C=O) groups is 1. The molecule has 3 N–H and O–H groups in total. The Morgan fingerprint density at radius 2 is 2.20 bits per heavy atom. The van der Waals surface area contributed by atoms with E-state index in [4.69, 9.17) is 0 Å². The van der Waals surface area contributed by atoms with E-state index in [1.165, 1.54) is 6.33 Å². The van der Waals surface area contributed by atoms with Crippen molar-refractivity contribution >= 4 is 33.3 Å². The quantitative estimate of drug-likeness (QED) is 0.701. The molecule has 0 fully saturated rings. The highest BCUT2D eigenvalue weighted by atomic mass is 32.1. The highest BCUT2D eigenvalue weighted by Crippen LogP contribution is 2.23. The molecule has 2 aromatic rings. The van der Waals surface area contributed by atoms with Gasteiger partial charge in [0, 0.05) is 13.1 Å². The Morgan fingerprint density at radius 3 is 2.95 bits per heavy atom. The topological polar surface area (TPSA) is 87.1 Å². The Morgan fingerprint density at radius 1 is 1.40 bits per heavy atom. The maximum atomic E-state index is 11.5. The molecule has 0 aliphatic rings. The van der Waals surface area contributed by atoms with E-state index in [2.05, 4.69) is 20.6 Å². The number of hydrogen-bond acceptors (Lipinski definition) is 6. The third-order valence-electron chi connectivity index (χ3n) is 2.59. The van der Waals surface area contributed by atoms with Crippen molar-refractivity contribution in [1.29, 1.82) is 0 Å². The predicted molar refractivity (Wildman–Crippen MR) is 79.8 cm³/mol. The van der Waals surface area contributed by atoms with Crippen LogP contribution in [-0.2, 0) is 4.79 Å². The van der Waals surface area contributed by atoms with Crippen LogP contribution in [0.25, 0.3) is 10.2 Å². The standard InChI is InChI=1S/C13H18N4O2S/c1-13(2,19)7-10(18)14-4-5-15-11-9-3-6-20-12(9)17-8-16-11/h3,6,8,19H,4-5,7H2,1-2H3,(H,14,18)(H,15,16,17). The number of hydrogen-bond donors (Lipinski definition) is 3. The molecule has 0 atom stereocenters. The molecule has 0 aliphatic carbocycles. The highest BCUT2D eigenvalue weighted by molar-refractivity contribution is 7.16. The first-order chi connectivity index (χ1) is 9.46. The van der Waals surface area contributed by atoms with Gasteiger partial charge < -0.3 is 15.7 Å². The number of aliphatic hydroxyl groups is 1. The van der Waals surface area contributed by atoms with Gasteiger partial charge >= 0.3 is 0 Å². The molecule has 0 aliphatic heterocycles. The smallest absolute Gasteiger partial charge is 0.222 e. The fourth-order valence-electron chi connectivity index (χ4n) is 1.77. The van der Waals surface area contributed by atoms with Gasteiger partial charge in [0.25, 0.3) is 0 Å². The molecule has 0 saturated heterocycles. The molecule has 2 rings (SSSR count). The lowest BCUT2D eigenvalue weighted by atomic mass is 10.1. The molecule has 20 heavy (non-hydrogen) atoms. The third kappa shape index (κ3) is 4.14. The minimum absolute atomic E-state index is 0.0925. The number of carbonyl (C=O) groups excluding carboxylic acids is 1. The zero-order chi connectivity index (χ0) is 14.6. The van der Waals surface area contributed by atoms with Gasteiger partial charge in [0.05, 0.1) is 17.4 Å². The van der Waals surface area contributed by atoms with Gasteiger partial charge in [-0.05, 0) is 25.3 Å². The van der Waals surface area contributed by atoms with E-state index in [9.17, 15) is 9.90 Å². The average Bonchev–Trinajstić information content (AvgIpc) is 2.81. The Balaban J connectivity index is 1.79. The van der Waals surface area contributed by atoms with Crippen LogP contribution >= 0.6 is 11.3 Å². The van der Waals surface area contributed by atoms with Crippen LogP contribution in [0.2, 0.25) is 0 Å². The summed E-state index contributed by atoms with van der Waals surface area (Å²) >= 11 is 1.56. The minimum Gasteiger partial charge on any atom is -0.390 e. The first kappa shape index (κ1) is 14.7. The number of nitrogens with one attached hydrogen (secondary N) is 2. The highest BCUT2D eigenvalue weighted by Gasteiger charge is 2.17. The zero-order valence-corrected chi connectivity index (χ0v) is 12.3. The van der Waals surface area contributed by atoms with E-state index in [1.54, 1.807) is 25.2 Å². The summed E-state index contributed by atoms with van der Waals surface area (Å²) in [6.07, 6.45) is 1.61. The number of thiophene rings is 1. The fourth-order valence-corrected chi connectivity index (χ4v) is 2.50. The summed E-state index contributed by atoms with van der Waals surface area (Å²) in [7, 11) is 0. The van der Waals surface area contributed by atoms with Gasteiger partial charge in [0.15, 0.2) is 0 Å². The largest absolute Gasteiger partial charge is 0.390 e. The van der Waals surface area contributed by atoms with Crippen molar-refractivity contribution in [3.8, 4) is 0 Å². The van der Waals surface area contributed by atoms with Gasteiger partial charge in [0.2, 0.25) is 5.91 Å². The number of aromatic nitrogens is 2. The first-order valence-corrected chi connectivity index (χ1v) is 7.25. The number of anilines is 1. The SMILES string of the molecule is CC(C)(O)CC(=O)NCCNc1ncnc2sccc12. The number of nitrogens with zero attached hydrogens (tertiary/aromatic N) is 2. The second-order valence-corrected chi connectivity index (χ2v) is 6.02. The van der Waals surface area contributed by atoms with Gasteiger partial charge in [-0.2, -0.15) is 0 Å². The summed E-state index contributed by atoms with van der Waals surface area (Å²) in [5, 5.41) is 18.4. The molecule has 0 aromatic carbocycles. The van der Waals surface area contributed by atoms with Crippen molar-refractivity contribution in [2.75, 3.05) is 18.4 Å². The Kier molecular flexibility index (Phi) is 4.51. The van der Waals surface area contributed by atoms with E-state index in [-0.39, 0.29) is 12.3 Å². The monoisotopic (exact) mass is 294 g/mol. The lowest BCUT2D eigenvalue weighted by molar-refractivity contribution is -0.124. The van der Waals surface area contributed by atoms with Crippen molar-refractivity contribution in [2.24, 2.45) is 0 Å². The molecule has 7 heteroatoms. The van der Waals surface area contributed by atoms with Crippen LogP contribution in [0.4, 0.5) is 5.82 Å². The molecular formula is C13H18N4O2S. The van der Waals surface area contributed by atoms with Crippen molar-refractivity contribution in [3.63, 3.8) is 0 Å². The first-order valence-electron chi connectivity index (χ1n) is 6.37. The van der Waals surface area contributed by atoms with Crippen molar-refractivity contribution in [3.05, 3.63) is 17.8 Å². The van der Waals surface area contributed by atoms with E-state index < -0.39 is 5.60 Å². The second kappa shape index (κ2) is 6.15. The van der Waals surface area contributed by atoms with Gasteiger partial charge in [-0.1, -0.05) is 0 Å². The summed E-state index contributed by atoms with van der Waals surface area (Å²) in [4.78, 5) is 20.8. The van der Waals surface area contributed by atoms with Gasteiger partial charge in [-0.15, -0.1) is 11.3 Å². The van der Waals surface area contributed by atoms with Crippen LogP contribution in [0.15, 0.2) is 17.8 Å². The summed E-state index contributed by atoms with van der Waals surface area (Å²) in [6.45, 7) is 4.27. The molecule has 0 saturated carbocycles. The van der Waals surface area contributed by atoms with E-state index >= 15 is 0 Å². The molecule has 0 bridgehead atoms. The van der Waals surface area contributed by atoms with Crippen LogP contribution in [0.3, 0.4) is 0 Å². The number of amides is 1. The maximum absolute atomic E-state index is 11.5. The Hall–Kier alpha value is -1.73. The molecule has 1 amide bonds. The van der Waals surface area contributed by atoms with Gasteiger partial charge in [0.1, 0.15) is 17.0 Å². The zero-order valence-electron chi connectivity index (χ0n) is 11.5. The molecular weight excluding hydrogens is 276 g/mol. The summed E-state index contributed by atoms with van der Waals surface area (Å²) in [5.41, 5.74) is -0.979. The normalized spacial score (nSPS) is 11.6. The average molecular weight is 294 g/mol. The summed E-state index contributed by atoms with van der Waals surface area (Å²) in [6, 6.07) is 1.97. The second-order valence-electron chi connectivity index (χ2n) is 5.13. The molecule has 0 radical (unpaired) electrons. The summed E-state index contributed by atoms with van der Waals surface area (Å²) < 4.78 is 0. The third-order valence-corrected chi connectivity index (χ3v) is 3.42. The van der Waals surface area contributed by atoms with E-state index in [1.807, 2.05) is 11.4 Å².